The number of aromatic nitrogens is 1. The molecule has 0 radical (unpaired) electrons. The van der Waals surface area contributed by atoms with Crippen LogP contribution in [0.1, 0.15) is 27.4 Å². The van der Waals surface area contributed by atoms with Crippen LogP contribution in [0.4, 0.5) is 0 Å². The van der Waals surface area contributed by atoms with Crippen molar-refractivity contribution < 1.29 is 13.2 Å². The van der Waals surface area contributed by atoms with E-state index in [4.69, 9.17) is 4.74 Å². The summed E-state index contributed by atoms with van der Waals surface area (Å²) in [5, 5.41) is 2.68. The molecular weight excluding hydrogens is 416 g/mol. The highest BCUT2D eigenvalue weighted by atomic mass is 32.2. The molecule has 0 bridgehead atoms. The Labute approximate surface area is 182 Å². The Bertz CT molecular complexity index is 1120. The highest BCUT2D eigenvalue weighted by molar-refractivity contribution is 7.89. The summed E-state index contributed by atoms with van der Waals surface area (Å²) in [6.45, 7) is 10.4. The quantitative estimate of drug-likeness (QED) is 0.436. The van der Waals surface area contributed by atoms with E-state index in [9.17, 15) is 8.42 Å². The normalized spacial score (nSPS) is 11.6. The van der Waals surface area contributed by atoms with Crippen LogP contribution in [-0.2, 0) is 23.2 Å². The van der Waals surface area contributed by atoms with Crippen LogP contribution < -0.4 is 4.74 Å². The molecule has 0 spiro atoms. The van der Waals surface area contributed by atoms with E-state index in [1.165, 1.54) is 21.2 Å². The van der Waals surface area contributed by atoms with Crippen molar-refractivity contribution in [2.24, 2.45) is 0 Å². The molecule has 0 fully saturated rings. The first-order chi connectivity index (χ1) is 14.3. The van der Waals surface area contributed by atoms with Crippen molar-refractivity contribution >= 4 is 21.4 Å². The van der Waals surface area contributed by atoms with Crippen LogP contribution in [0.5, 0.6) is 5.75 Å². The number of thiazole rings is 1. The maximum absolute atomic E-state index is 13.1. The third-order valence-electron chi connectivity index (χ3n) is 4.84. The largest absolute Gasteiger partial charge is 0.486 e. The summed E-state index contributed by atoms with van der Waals surface area (Å²) in [6, 6.07) is 12.8. The van der Waals surface area contributed by atoms with Crippen LogP contribution in [0.3, 0.4) is 0 Å². The summed E-state index contributed by atoms with van der Waals surface area (Å²) in [6.07, 6.45) is 1.59. The smallest absolute Gasteiger partial charge is 0.243 e. The van der Waals surface area contributed by atoms with Gasteiger partial charge in [0.1, 0.15) is 17.4 Å². The summed E-state index contributed by atoms with van der Waals surface area (Å²) in [5.74, 6) is 0.835. The number of nitrogens with zero attached hydrogens (tertiary/aromatic N) is 2. The van der Waals surface area contributed by atoms with E-state index < -0.39 is 10.0 Å². The molecule has 2 aromatic carbocycles. The van der Waals surface area contributed by atoms with Crippen molar-refractivity contribution in [1.29, 1.82) is 0 Å². The molecule has 0 amide bonds. The van der Waals surface area contributed by atoms with Gasteiger partial charge in [-0.1, -0.05) is 35.9 Å². The third kappa shape index (κ3) is 5.16. The van der Waals surface area contributed by atoms with Crippen molar-refractivity contribution in [1.82, 2.24) is 9.29 Å². The van der Waals surface area contributed by atoms with Crippen molar-refractivity contribution in [2.45, 2.75) is 38.8 Å². The second-order valence-electron chi connectivity index (χ2n) is 7.12. The van der Waals surface area contributed by atoms with E-state index in [-0.39, 0.29) is 18.0 Å². The molecule has 3 aromatic rings. The fourth-order valence-electron chi connectivity index (χ4n) is 2.94. The first kappa shape index (κ1) is 22.2. The van der Waals surface area contributed by atoms with E-state index in [0.29, 0.717) is 12.3 Å². The molecule has 0 saturated heterocycles. The van der Waals surface area contributed by atoms with Crippen molar-refractivity contribution in [3.05, 3.63) is 87.9 Å². The summed E-state index contributed by atoms with van der Waals surface area (Å²) in [4.78, 5) is 4.84. The Kier molecular flexibility index (Phi) is 7.07. The molecule has 30 heavy (non-hydrogen) atoms. The maximum atomic E-state index is 13.1. The van der Waals surface area contributed by atoms with E-state index in [1.807, 2.05) is 44.4 Å². The van der Waals surface area contributed by atoms with Crippen molar-refractivity contribution in [3.63, 3.8) is 0 Å². The third-order valence-corrected chi connectivity index (χ3v) is 7.53. The lowest BCUT2D eigenvalue weighted by Crippen LogP contribution is -2.31. The molecule has 0 N–H and O–H groups in total. The molecule has 3 rings (SSSR count). The molecular formula is C23H26N2O3S2. The number of rotatable bonds is 9. The lowest BCUT2D eigenvalue weighted by molar-refractivity contribution is 0.302. The molecule has 0 atom stereocenters. The number of ether oxygens (including phenoxy) is 1. The first-order valence-corrected chi connectivity index (χ1v) is 11.9. The zero-order valence-electron chi connectivity index (χ0n) is 17.5. The lowest BCUT2D eigenvalue weighted by Gasteiger charge is -2.20. The summed E-state index contributed by atoms with van der Waals surface area (Å²) in [5.41, 5.74) is 3.98. The van der Waals surface area contributed by atoms with Gasteiger partial charge in [-0.15, -0.1) is 17.9 Å². The summed E-state index contributed by atoms with van der Waals surface area (Å²) < 4.78 is 33.4. The van der Waals surface area contributed by atoms with E-state index in [0.717, 1.165) is 21.9 Å². The van der Waals surface area contributed by atoms with Crippen LogP contribution in [0.25, 0.3) is 0 Å². The minimum absolute atomic E-state index is 0.183. The predicted octanol–water partition coefficient (Wildman–Crippen LogP) is 5.02. The average Bonchev–Trinajstić information content (AvgIpc) is 3.16. The van der Waals surface area contributed by atoms with Gasteiger partial charge in [-0.2, -0.15) is 4.31 Å². The Morgan fingerprint density at radius 1 is 1.13 bits per heavy atom. The molecule has 7 heteroatoms. The van der Waals surface area contributed by atoms with Gasteiger partial charge < -0.3 is 4.74 Å². The maximum Gasteiger partial charge on any atom is 0.243 e. The van der Waals surface area contributed by atoms with Crippen molar-refractivity contribution in [2.75, 3.05) is 6.54 Å². The number of hydrogen-bond donors (Lipinski definition) is 0. The van der Waals surface area contributed by atoms with E-state index in [2.05, 4.69) is 11.6 Å². The Hall–Kier alpha value is -2.48. The molecule has 0 unspecified atom stereocenters. The number of hydrogen-bond acceptors (Lipinski definition) is 5. The SMILES string of the molecule is C=CCN(Cc1csc(COc2cccc(C)c2C)n1)S(=O)(=O)c1ccc(C)cc1. The second-order valence-corrected chi connectivity index (χ2v) is 10.00. The second kappa shape index (κ2) is 9.55. The average molecular weight is 443 g/mol. The fourth-order valence-corrected chi connectivity index (χ4v) is 5.02. The minimum atomic E-state index is -3.64. The molecule has 158 valence electrons. The summed E-state index contributed by atoms with van der Waals surface area (Å²) >= 11 is 1.46. The summed E-state index contributed by atoms with van der Waals surface area (Å²) in [7, 11) is -3.64. The highest BCUT2D eigenvalue weighted by Gasteiger charge is 2.24. The standard InChI is InChI=1S/C23H26N2O3S2/c1-5-13-25(30(26,27)21-11-9-17(2)10-12-21)14-20-16-29-23(24-20)15-28-22-8-6-7-18(3)19(22)4/h5-12,16H,1,13-15H2,2-4H3. The van der Waals surface area contributed by atoms with Crippen LogP contribution in [-0.4, -0.2) is 24.3 Å². The van der Waals surface area contributed by atoms with Gasteiger partial charge in [-0.25, -0.2) is 13.4 Å². The lowest BCUT2D eigenvalue weighted by atomic mass is 10.1. The van der Waals surface area contributed by atoms with Crippen LogP contribution in [0.15, 0.2) is 65.4 Å². The van der Waals surface area contributed by atoms with Crippen LogP contribution >= 0.6 is 11.3 Å². The van der Waals surface area contributed by atoms with E-state index >= 15 is 0 Å². The van der Waals surface area contributed by atoms with Gasteiger partial charge in [-0.05, 0) is 50.1 Å². The molecule has 1 heterocycles. The topological polar surface area (TPSA) is 59.5 Å². The van der Waals surface area contributed by atoms with Gasteiger partial charge in [-0.3, -0.25) is 0 Å². The van der Waals surface area contributed by atoms with Gasteiger partial charge in [0.05, 0.1) is 17.1 Å². The minimum Gasteiger partial charge on any atom is -0.486 e. The first-order valence-electron chi connectivity index (χ1n) is 9.61. The van der Waals surface area contributed by atoms with Crippen LogP contribution in [0.2, 0.25) is 0 Å². The van der Waals surface area contributed by atoms with Gasteiger partial charge in [0.2, 0.25) is 10.0 Å². The van der Waals surface area contributed by atoms with Gasteiger partial charge in [0.15, 0.2) is 0 Å². The Morgan fingerprint density at radius 3 is 2.57 bits per heavy atom. The molecule has 0 saturated carbocycles. The molecule has 0 aliphatic carbocycles. The number of sulfonamides is 1. The highest BCUT2D eigenvalue weighted by Crippen LogP contribution is 2.23. The van der Waals surface area contributed by atoms with Crippen molar-refractivity contribution in [3.8, 4) is 5.75 Å². The molecule has 1 aromatic heterocycles. The number of aryl methyl sites for hydroxylation is 2. The zero-order chi connectivity index (χ0) is 21.7. The van der Waals surface area contributed by atoms with Gasteiger partial charge in [0, 0.05) is 11.9 Å². The number of benzene rings is 2. The Morgan fingerprint density at radius 2 is 1.87 bits per heavy atom. The fraction of sp³-hybridized carbons (Fsp3) is 0.261. The molecule has 0 aliphatic rings. The zero-order valence-corrected chi connectivity index (χ0v) is 19.1. The van der Waals surface area contributed by atoms with E-state index in [1.54, 1.807) is 30.3 Å². The van der Waals surface area contributed by atoms with Crippen LogP contribution in [0, 0.1) is 20.8 Å². The predicted molar refractivity (Wildman–Crippen MR) is 121 cm³/mol. The van der Waals surface area contributed by atoms with Gasteiger partial charge >= 0.3 is 0 Å². The van der Waals surface area contributed by atoms with Gasteiger partial charge in [0.25, 0.3) is 0 Å². The molecule has 5 nitrogen and oxygen atoms in total. The Balaban J connectivity index is 1.72. The monoisotopic (exact) mass is 442 g/mol. The molecule has 0 aliphatic heterocycles.